The standard InChI is InChI=1S/C28H32F3N5O/c1-20-2-5-22(6-3-20)34-23-7-9-24(10-8-23)37-25-12-13-32-27(18-25)36-16-14-35(15-17-36)26-11-4-21(19-33-26)28(29,30)31/h2-6,11-13,18-19,23-24,34H,7-10,14-17H2,1H3/t23-,24-. The van der Waals surface area contributed by atoms with Gasteiger partial charge in [0.1, 0.15) is 17.4 Å². The minimum Gasteiger partial charge on any atom is -0.490 e. The third kappa shape index (κ3) is 6.45. The molecule has 1 aliphatic carbocycles. The summed E-state index contributed by atoms with van der Waals surface area (Å²) in [5, 5.41) is 3.64. The van der Waals surface area contributed by atoms with Gasteiger partial charge in [0.05, 0.1) is 11.7 Å². The van der Waals surface area contributed by atoms with E-state index in [1.54, 1.807) is 6.20 Å². The highest BCUT2D eigenvalue weighted by atomic mass is 19.4. The van der Waals surface area contributed by atoms with Crippen molar-refractivity contribution < 1.29 is 17.9 Å². The minimum atomic E-state index is -4.37. The number of alkyl halides is 3. The van der Waals surface area contributed by atoms with Crippen LogP contribution in [0.2, 0.25) is 0 Å². The molecule has 2 aromatic heterocycles. The Balaban J connectivity index is 1.10. The zero-order chi connectivity index (χ0) is 25.8. The SMILES string of the molecule is Cc1ccc(N[C@H]2CC[C@H](Oc3ccnc(N4CCN(c5ccc(C(F)(F)F)cn5)CC4)c3)CC2)cc1. The first kappa shape index (κ1) is 25.2. The van der Waals surface area contributed by atoms with Gasteiger partial charge >= 0.3 is 6.18 Å². The van der Waals surface area contributed by atoms with Gasteiger partial charge in [-0.15, -0.1) is 0 Å². The second-order valence-electron chi connectivity index (χ2n) is 9.83. The molecule has 3 heterocycles. The Labute approximate surface area is 215 Å². The summed E-state index contributed by atoms with van der Waals surface area (Å²) in [5.41, 5.74) is 1.70. The molecule has 1 aliphatic heterocycles. The smallest absolute Gasteiger partial charge is 0.417 e. The lowest BCUT2D eigenvalue weighted by molar-refractivity contribution is -0.137. The monoisotopic (exact) mass is 511 g/mol. The van der Waals surface area contributed by atoms with E-state index < -0.39 is 11.7 Å². The van der Waals surface area contributed by atoms with Gasteiger partial charge in [-0.1, -0.05) is 17.7 Å². The number of piperazine rings is 1. The number of pyridine rings is 2. The highest BCUT2D eigenvalue weighted by Gasteiger charge is 2.31. The Morgan fingerprint density at radius 3 is 2.14 bits per heavy atom. The Morgan fingerprint density at radius 1 is 0.838 bits per heavy atom. The van der Waals surface area contributed by atoms with E-state index >= 15 is 0 Å². The quantitative estimate of drug-likeness (QED) is 0.443. The number of rotatable bonds is 6. The predicted octanol–water partition coefficient (Wildman–Crippen LogP) is 5.93. The van der Waals surface area contributed by atoms with Gasteiger partial charge in [-0.3, -0.25) is 0 Å². The first-order chi connectivity index (χ1) is 17.8. The fraction of sp³-hybridized carbons (Fsp3) is 0.429. The van der Waals surface area contributed by atoms with E-state index in [-0.39, 0.29) is 6.10 Å². The van der Waals surface area contributed by atoms with Gasteiger partial charge in [-0.2, -0.15) is 13.2 Å². The molecule has 0 radical (unpaired) electrons. The average molecular weight is 512 g/mol. The van der Waals surface area contributed by atoms with Crippen LogP contribution in [0.4, 0.5) is 30.5 Å². The fourth-order valence-electron chi connectivity index (χ4n) is 4.95. The number of halogens is 3. The van der Waals surface area contributed by atoms with Gasteiger partial charge in [0.25, 0.3) is 0 Å². The molecular formula is C28H32F3N5O. The Bertz CT molecular complexity index is 1150. The van der Waals surface area contributed by atoms with Crippen LogP contribution in [0.25, 0.3) is 0 Å². The predicted molar refractivity (Wildman–Crippen MR) is 139 cm³/mol. The maximum atomic E-state index is 12.8. The molecule has 3 aromatic rings. The number of aryl methyl sites for hydroxylation is 1. The summed E-state index contributed by atoms with van der Waals surface area (Å²) in [6, 6.07) is 15.4. The van der Waals surface area contributed by atoms with Crippen LogP contribution in [0.3, 0.4) is 0 Å². The topological polar surface area (TPSA) is 53.5 Å². The molecule has 1 saturated carbocycles. The highest BCUT2D eigenvalue weighted by Crippen LogP contribution is 2.30. The number of anilines is 3. The molecule has 6 nitrogen and oxygen atoms in total. The lowest BCUT2D eigenvalue weighted by atomic mass is 9.92. The molecule has 9 heteroatoms. The van der Waals surface area contributed by atoms with Crippen LogP contribution in [0.15, 0.2) is 60.9 Å². The maximum Gasteiger partial charge on any atom is 0.417 e. The van der Waals surface area contributed by atoms with Crippen LogP contribution in [0, 0.1) is 6.92 Å². The number of nitrogens with zero attached hydrogens (tertiary/aromatic N) is 4. The van der Waals surface area contributed by atoms with Crippen LogP contribution in [-0.2, 0) is 6.18 Å². The van der Waals surface area contributed by atoms with E-state index in [9.17, 15) is 13.2 Å². The molecule has 0 bridgehead atoms. The van der Waals surface area contributed by atoms with E-state index in [1.807, 2.05) is 17.0 Å². The number of hydrogen-bond donors (Lipinski definition) is 1. The van der Waals surface area contributed by atoms with Crippen molar-refractivity contribution in [1.82, 2.24) is 9.97 Å². The molecule has 0 unspecified atom stereocenters. The van der Waals surface area contributed by atoms with Crippen LogP contribution in [0.5, 0.6) is 5.75 Å². The molecule has 0 atom stereocenters. The molecule has 37 heavy (non-hydrogen) atoms. The Kier molecular flexibility index (Phi) is 7.39. The van der Waals surface area contributed by atoms with Gasteiger partial charge in [0.2, 0.25) is 0 Å². The third-order valence-corrected chi connectivity index (χ3v) is 7.12. The van der Waals surface area contributed by atoms with E-state index in [2.05, 4.69) is 51.4 Å². The van der Waals surface area contributed by atoms with Gasteiger partial charge in [0.15, 0.2) is 0 Å². The summed E-state index contributed by atoms with van der Waals surface area (Å²) in [5.74, 6) is 2.24. The maximum absolute atomic E-state index is 12.8. The summed E-state index contributed by atoms with van der Waals surface area (Å²) >= 11 is 0. The molecule has 1 saturated heterocycles. The van der Waals surface area contributed by atoms with Crippen molar-refractivity contribution in [3.8, 4) is 5.75 Å². The van der Waals surface area contributed by atoms with Gasteiger partial charge in [-0.05, 0) is 62.9 Å². The molecule has 196 valence electrons. The number of hydrogen-bond acceptors (Lipinski definition) is 6. The van der Waals surface area contributed by atoms with Crippen molar-refractivity contribution in [2.24, 2.45) is 0 Å². The largest absolute Gasteiger partial charge is 0.490 e. The molecule has 2 fully saturated rings. The van der Waals surface area contributed by atoms with Crippen LogP contribution >= 0.6 is 0 Å². The first-order valence-electron chi connectivity index (χ1n) is 12.8. The zero-order valence-electron chi connectivity index (χ0n) is 20.9. The number of nitrogens with one attached hydrogen (secondary N) is 1. The molecule has 1 N–H and O–H groups in total. The van der Waals surface area contributed by atoms with Crippen molar-refractivity contribution in [1.29, 1.82) is 0 Å². The average Bonchev–Trinajstić information content (AvgIpc) is 2.91. The van der Waals surface area contributed by atoms with E-state index in [0.29, 0.717) is 38.0 Å². The lowest BCUT2D eigenvalue weighted by Gasteiger charge is -2.36. The second-order valence-corrected chi connectivity index (χ2v) is 9.83. The molecule has 1 aromatic carbocycles. The van der Waals surface area contributed by atoms with Gasteiger partial charge in [-0.25, -0.2) is 9.97 Å². The van der Waals surface area contributed by atoms with Gasteiger partial charge < -0.3 is 19.9 Å². The number of aromatic nitrogens is 2. The lowest BCUT2D eigenvalue weighted by Crippen LogP contribution is -2.47. The van der Waals surface area contributed by atoms with Crippen molar-refractivity contribution in [3.63, 3.8) is 0 Å². The molecule has 0 spiro atoms. The summed E-state index contributed by atoms with van der Waals surface area (Å²) < 4.78 is 44.8. The van der Waals surface area contributed by atoms with Crippen molar-refractivity contribution in [3.05, 3.63) is 72.1 Å². The van der Waals surface area contributed by atoms with E-state index in [4.69, 9.17) is 4.74 Å². The van der Waals surface area contributed by atoms with Crippen molar-refractivity contribution in [2.75, 3.05) is 41.3 Å². The van der Waals surface area contributed by atoms with Crippen LogP contribution < -0.4 is 19.9 Å². The second kappa shape index (κ2) is 10.9. The molecule has 5 rings (SSSR count). The Morgan fingerprint density at radius 2 is 1.51 bits per heavy atom. The molecule has 0 amide bonds. The Hall–Kier alpha value is -3.49. The van der Waals surface area contributed by atoms with Crippen LogP contribution in [-0.4, -0.2) is 48.3 Å². The summed E-state index contributed by atoms with van der Waals surface area (Å²) in [6.07, 6.45) is 2.62. The molecular weight excluding hydrogens is 479 g/mol. The van der Waals surface area contributed by atoms with Crippen LogP contribution in [0.1, 0.15) is 36.8 Å². The van der Waals surface area contributed by atoms with Gasteiger partial charge in [0, 0.05) is 56.4 Å². The van der Waals surface area contributed by atoms with Crippen molar-refractivity contribution in [2.45, 2.75) is 50.9 Å². The first-order valence-corrected chi connectivity index (χ1v) is 12.8. The summed E-state index contributed by atoms with van der Waals surface area (Å²) in [4.78, 5) is 12.7. The fourth-order valence-corrected chi connectivity index (χ4v) is 4.95. The number of benzene rings is 1. The minimum absolute atomic E-state index is 0.189. The normalized spacial score (nSPS) is 20.5. The highest BCUT2D eigenvalue weighted by molar-refractivity contribution is 5.48. The third-order valence-electron chi connectivity index (χ3n) is 7.12. The number of ether oxygens (including phenoxy) is 1. The van der Waals surface area contributed by atoms with Crippen molar-refractivity contribution >= 4 is 17.3 Å². The zero-order valence-corrected chi connectivity index (χ0v) is 20.9. The summed E-state index contributed by atoms with van der Waals surface area (Å²) in [6.45, 7) is 4.81. The van der Waals surface area contributed by atoms with E-state index in [0.717, 1.165) is 49.5 Å². The summed E-state index contributed by atoms with van der Waals surface area (Å²) in [7, 11) is 0. The molecule has 2 aliphatic rings. The van der Waals surface area contributed by atoms with E-state index in [1.165, 1.54) is 17.3 Å².